The molecule has 1 atom stereocenters. The third-order valence-electron chi connectivity index (χ3n) is 4.18. The second kappa shape index (κ2) is 4.73. The number of hydrogen-bond acceptors (Lipinski definition) is 2. The largest absolute Gasteiger partial charge is 0.354 e. The van der Waals surface area contributed by atoms with E-state index in [-0.39, 0.29) is 11.3 Å². The van der Waals surface area contributed by atoms with Gasteiger partial charge < -0.3 is 10.6 Å². The summed E-state index contributed by atoms with van der Waals surface area (Å²) in [5.74, 6) is 0.211. The molecule has 1 aliphatic carbocycles. The molecule has 1 aromatic rings. The van der Waals surface area contributed by atoms with Crippen molar-refractivity contribution in [3.63, 3.8) is 0 Å². The highest BCUT2D eigenvalue weighted by atomic mass is 16.2. The van der Waals surface area contributed by atoms with Gasteiger partial charge in [0.25, 0.3) is 0 Å². The molecule has 0 bridgehead atoms. The Hall–Kier alpha value is -1.35. The second-order valence-corrected chi connectivity index (χ2v) is 5.45. The lowest BCUT2D eigenvalue weighted by Crippen LogP contribution is -2.41. The minimum atomic E-state index is -0.222. The summed E-state index contributed by atoms with van der Waals surface area (Å²) >= 11 is 0. The van der Waals surface area contributed by atoms with Crippen molar-refractivity contribution in [1.82, 2.24) is 10.6 Å². The molecular weight excluding hydrogens is 224 g/mol. The molecule has 1 saturated heterocycles. The van der Waals surface area contributed by atoms with Crippen LogP contribution in [0.25, 0.3) is 0 Å². The van der Waals surface area contributed by atoms with Crippen LogP contribution in [0.3, 0.4) is 0 Å². The van der Waals surface area contributed by atoms with Crippen LogP contribution in [0.1, 0.15) is 31.2 Å². The summed E-state index contributed by atoms with van der Waals surface area (Å²) in [5.41, 5.74) is 0.946. The molecule has 1 aliphatic heterocycles. The number of benzene rings is 1. The lowest BCUT2D eigenvalue weighted by Gasteiger charge is -2.18. The molecule has 1 aromatic carbocycles. The summed E-state index contributed by atoms with van der Waals surface area (Å²) in [4.78, 5) is 12.3. The Morgan fingerprint density at radius 1 is 1.33 bits per heavy atom. The van der Waals surface area contributed by atoms with E-state index in [1.165, 1.54) is 18.4 Å². The lowest BCUT2D eigenvalue weighted by atomic mass is 9.95. The van der Waals surface area contributed by atoms with Crippen molar-refractivity contribution in [3.05, 3.63) is 35.9 Å². The Morgan fingerprint density at radius 3 is 2.72 bits per heavy atom. The van der Waals surface area contributed by atoms with Gasteiger partial charge in [-0.1, -0.05) is 30.3 Å². The Labute approximate surface area is 108 Å². The molecule has 0 radical (unpaired) electrons. The summed E-state index contributed by atoms with van der Waals surface area (Å²) in [7, 11) is 0. The van der Waals surface area contributed by atoms with Gasteiger partial charge in [-0.05, 0) is 37.8 Å². The predicted octanol–water partition coefficient (Wildman–Crippen LogP) is 1.59. The number of carbonyl (C=O) groups is 1. The van der Waals surface area contributed by atoms with Crippen molar-refractivity contribution in [1.29, 1.82) is 0 Å². The van der Waals surface area contributed by atoms with Gasteiger partial charge in [0, 0.05) is 12.6 Å². The third-order valence-corrected chi connectivity index (χ3v) is 4.18. The topological polar surface area (TPSA) is 41.1 Å². The van der Waals surface area contributed by atoms with Crippen molar-refractivity contribution in [3.8, 4) is 0 Å². The van der Waals surface area contributed by atoms with Crippen molar-refractivity contribution in [2.45, 2.75) is 37.1 Å². The van der Waals surface area contributed by atoms with Crippen molar-refractivity contribution in [2.24, 2.45) is 0 Å². The first-order chi connectivity index (χ1) is 8.81. The SMILES string of the molecule is O=C(NCC1CCCN1)C1(c2ccccc2)CC1. The van der Waals surface area contributed by atoms with Crippen LogP contribution in [0.5, 0.6) is 0 Å². The number of nitrogens with one attached hydrogen (secondary N) is 2. The maximum Gasteiger partial charge on any atom is 0.230 e. The van der Waals surface area contributed by atoms with Gasteiger partial charge >= 0.3 is 0 Å². The molecule has 0 aromatic heterocycles. The number of carbonyl (C=O) groups excluding carboxylic acids is 1. The maximum absolute atomic E-state index is 12.3. The number of hydrogen-bond donors (Lipinski definition) is 2. The zero-order valence-corrected chi connectivity index (χ0v) is 10.6. The summed E-state index contributed by atoms with van der Waals surface area (Å²) in [6, 6.07) is 10.6. The molecule has 2 fully saturated rings. The van der Waals surface area contributed by atoms with E-state index in [9.17, 15) is 4.79 Å². The van der Waals surface area contributed by atoms with Gasteiger partial charge in [0.1, 0.15) is 0 Å². The minimum absolute atomic E-state index is 0.211. The van der Waals surface area contributed by atoms with Crippen molar-refractivity contribution < 1.29 is 4.79 Å². The van der Waals surface area contributed by atoms with Crippen molar-refractivity contribution in [2.75, 3.05) is 13.1 Å². The van der Waals surface area contributed by atoms with E-state index in [0.29, 0.717) is 6.04 Å². The van der Waals surface area contributed by atoms with Crippen LogP contribution in [0.15, 0.2) is 30.3 Å². The second-order valence-electron chi connectivity index (χ2n) is 5.45. The van der Waals surface area contributed by atoms with Gasteiger partial charge in [-0.25, -0.2) is 0 Å². The molecule has 3 rings (SSSR count). The third kappa shape index (κ3) is 2.15. The lowest BCUT2D eigenvalue weighted by molar-refractivity contribution is -0.123. The molecule has 1 unspecified atom stereocenters. The van der Waals surface area contributed by atoms with E-state index in [1.807, 2.05) is 18.2 Å². The highest BCUT2D eigenvalue weighted by Gasteiger charge is 2.51. The molecule has 1 amide bonds. The maximum atomic E-state index is 12.3. The smallest absolute Gasteiger partial charge is 0.230 e. The molecule has 0 spiro atoms. The molecule has 96 valence electrons. The standard InChI is InChI=1S/C15H20N2O/c18-14(17-11-13-7-4-10-16-13)15(8-9-15)12-5-2-1-3-6-12/h1-3,5-6,13,16H,4,7-11H2,(H,17,18). The van der Waals surface area contributed by atoms with Crippen LogP contribution < -0.4 is 10.6 Å². The molecule has 3 heteroatoms. The van der Waals surface area contributed by atoms with E-state index in [4.69, 9.17) is 0 Å². The van der Waals surface area contributed by atoms with Crippen LogP contribution in [0.2, 0.25) is 0 Å². The Balaban J connectivity index is 1.62. The fraction of sp³-hybridized carbons (Fsp3) is 0.533. The van der Waals surface area contributed by atoms with E-state index in [1.54, 1.807) is 0 Å². The fourth-order valence-corrected chi connectivity index (χ4v) is 2.85. The normalized spacial score (nSPS) is 24.8. The predicted molar refractivity (Wildman–Crippen MR) is 71.4 cm³/mol. The zero-order valence-electron chi connectivity index (χ0n) is 10.6. The Morgan fingerprint density at radius 2 is 2.11 bits per heavy atom. The molecular formula is C15H20N2O. The highest BCUT2D eigenvalue weighted by molar-refractivity contribution is 5.91. The number of amides is 1. The monoisotopic (exact) mass is 244 g/mol. The average molecular weight is 244 g/mol. The first kappa shape index (κ1) is 11.7. The van der Waals surface area contributed by atoms with Crippen LogP contribution in [-0.4, -0.2) is 25.0 Å². The Kier molecular flexibility index (Phi) is 3.08. The molecule has 2 N–H and O–H groups in total. The summed E-state index contributed by atoms with van der Waals surface area (Å²) in [6.07, 6.45) is 4.38. The molecule has 1 heterocycles. The quantitative estimate of drug-likeness (QED) is 0.844. The molecule has 1 saturated carbocycles. The zero-order chi connectivity index (χ0) is 12.4. The van der Waals surface area contributed by atoms with Gasteiger partial charge in [0.05, 0.1) is 5.41 Å². The molecule has 18 heavy (non-hydrogen) atoms. The first-order valence-corrected chi connectivity index (χ1v) is 6.88. The molecule has 2 aliphatic rings. The van der Waals surface area contributed by atoms with E-state index in [2.05, 4.69) is 22.8 Å². The van der Waals surface area contributed by atoms with Crippen molar-refractivity contribution >= 4 is 5.91 Å². The minimum Gasteiger partial charge on any atom is -0.354 e. The number of rotatable bonds is 4. The van der Waals surface area contributed by atoms with Gasteiger partial charge in [-0.2, -0.15) is 0 Å². The molecule has 3 nitrogen and oxygen atoms in total. The Bertz CT molecular complexity index is 419. The fourth-order valence-electron chi connectivity index (χ4n) is 2.85. The van der Waals surface area contributed by atoms with Crippen LogP contribution in [0, 0.1) is 0 Å². The van der Waals surface area contributed by atoms with Crippen LogP contribution >= 0.6 is 0 Å². The van der Waals surface area contributed by atoms with Crippen LogP contribution in [-0.2, 0) is 10.2 Å². The van der Waals surface area contributed by atoms with Gasteiger partial charge in [-0.3, -0.25) is 4.79 Å². The van der Waals surface area contributed by atoms with Crippen LogP contribution in [0.4, 0.5) is 0 Å². The van der Waals surface area contributed by atoms with Gasteiger partial charge in [0.2, 0.25) is 5.91 Å². The summed E-state index contributed by atoms with van der Waals surface area (Å²) < 4.78 is 0. The van der Waals surface area contributed by atoms with E-state index in [0.717, 1.165) is 25.9 Å². The van der Waals surface area contributed by atoms with Gasteiger partial charge in [-0.15, -0.1) is 0 Å². The summed E-state index contributed by atoms with van der Waals surface area (Å²) in [5, 5.41) is 6.53. The summed E-state index contributed by atoms with van der Waals surface area (Å²) in [6.45, 7) is 1.86. The first-order valence-electron chi connectivity index (χ1n) is 6.88. The highest BCUT2D eigenvalue weighted by Crippen LogP contribution is 2.48. The van der Waals surface area contributed by atoms with E-state index >= 15 is 0 Å². The van der Waals surface area contributed by atoms with E-state index < -0.39 is 0 Å². The van der Waals surface area contributed by atoms with Gasteiger partial charge in [0.15, 0.2) is 0 Å². The average Bonchev–Trinajstić information content (AvgIpc) is 3.07.